The van der Waals surface area contributed by atoms with Crippen molar-refractivity contribution in [2.45, 2.75) is 128 Å². The Hall–Kier alpha value is -0.260. The van der Waals surface area contributed by atoms with Gasteiger partial charge in [0.1, 0.15) is 0 Å². The van der Waals surface area contributed by atoms with Crippen LogP contribution in [0.5, 0.6) is 0 Å². The van der Waals surface area contributed by atoms with Gasteiger partial charge in [-0.05, 0) is 38.0 Å². The largest absolute Gasteiger partial charge is 0.0862 e. The highest BCUT2D eigenvalue weighted by Crippen LogP contribution is 2.04. The second-order valence-corrected chi connectivity index (χ2v) is 8.21. The lowest BCUT2D eigenvalue weighted by atomic mass is 10.1. The topological polar surface area (TPSA) is 0 Å². The van der Waals surface area contributed by atoms with E-state index in [1.165, 1.54) is 50.5 Å². The molecule has 0 heterocycles. The summed E-state index contributed by atoms with van der Waals surface area (Å²) in [5.41, 5.74) is 1.41. The monoisotopic (exact) mass is 342 g/mol. The van der Waals surface area contributed by atoms with E-state index in [0.717, 1.165) is 17.8 Å². The van der Waals surface area contributed by atoms with Gasteiger partial charge >= 0.3 is 0 Å². The SMILES string of the molecule is CCC(C)C.CCC=C(C)C.CCCC(C)C.CCCCC(C)C. The van der Waals surface area contributed by atoms with Gasteiger partial charge in [0.2, 0.25) is 0 Å². The van der Waals surface area contributed by atoms with Crippen LogP contribution in [-0.4, -0.2) is 0 Å². The van der Waals surface area contributed by atoms with E-state index >= 15 is 0 Å². The van der Waals surface area contributed by atoms with Gasteiger partial charge in [0, 0.05) is 0 Å². The molecule has 24 heavy (non-hydrogen) atoms. The average molecular weight is 343 g/mol. The van der Waals surface area contributed by atoms with E-state index in [4.69, 9.17) is 0 Å². The predicted octanol–water partition coefficient (Wildman–Crippen LogP) is 9.69. The summed E-state index contributed by atoms with van der Waals surface area (Å²) in [6.45, 7) is 26.5. The second kappa shape index (κ2) is 27.6. The van der Waals surface area contributed by atoms with Gasteiger partial charge in [0.25, 0.3) is 0 Å². The Balaban J connectivity index is -0.000000112. The number of rotatable bonds is 7. The Kier molecular flexibility index (Phi) is 36.2. The van der Waals surface area contributed by atoms with Crippen molar-refractivity contribution in [3.8, 4) is 0 Å². The van der Waals surface area contributed by atoms with Crippen molar-refractivity contribution in [1.82, 2.24) is 0 Å². The van der Waals surface area contributed by atoms with Crippen LogP contribution in [0.3, 0.4) is 0 Å². The molecule has 0 aliphatic rings. The lowest BCUT2D eigenvalue weighted by Gasteiger charge is -1.98. The predicted molar refractivity (Wildman–Crippen MR) is 119 cm³/mol. The van der Waals surface area contributed by atoms with Crippen molar-refractivity contribution >= 4 is 0 Å². The fourth-order valence-corrected chi connectivity index (χ4v) is 1.60. The Morgan fingerprint density at radius 2 is 1.08 bits per heavy atom. The van der Waals surface area contributed by atoms with Crippen molar-refractivity contribution in [2.24, 2.45) is 17.8 Å². The van der Waals surface area contributed by atoms with Crippen LogP contribution < -0.4 is 0 Å². The summed E-state index contributed by atoms with van der Waals surface area (Å²) in [7, 11) is 0. The van der Waals surface area contributed by atoms with E-state index in [9.17, 15) is 0 Å². The molecule has 0 atom stereocenters. The van der Waals surface area contributed by atoms with Crippen LogP contribution in [0.4, 0.5) is 0 Å². The van der Waals surface area contributed by atoms with E-state index in [1.807, 2.05) is 0 Å². The van der Waals surface area contributed by atoms with E-state index in [-0.39, 0.29) is 0 Å². The number of unbranched alkanes of at least 4 members (excludes halogenated alkanes) is 1. The van der Waals surface area contributed by atoms with Gasteiger partial charge in [0.15, 0.2) is 0 Å². The molecule has 0 aliphatic heterocycles. The average Bonchev–Trinajstić information content (AvgIpc) is 2.46. The number of allylic oxidation sites excluding steroid dienone is 2. The summed E-state index contributed by atoms with van der Waals surface area (Å²) in [5.74, 6) is 2.69. The first kappa shape index (κ1) is 31.5. The lowest BCUT2D eigenvalue weighted by Crippen LogP contribution is -1.83. The molecule has 0 radical (unpaired) electrons. The molecular formula is C24H54. The van der Waals surface area contributed by atoms with Gasteiger partial charge in [-0.1, -0.05) is 119 Å². The summed E-state index contributed by atoms with van der Waals surface area (Å²) >= 11 is 0. The zero-order chi connectivity index (χ0) is 20.0. The zero-order valence-electron chi connectivity index (χ0n) is 19.8. The summed E-state index contributed by atoms with van der Waals surface area (Å²) in [6.07, 6.45) is 11.5. The summed E-state index contributed by atoms with van der Waals surface area (Å²) in [6, 6.07) is 0. The Morgan fingerprint density at radius 3 is 1.12 bits per heavy atom. The first-order chi connectivity index (χ1) is 11.1. The van der Waals surface area contributed by atoms with Crippen molar-refractivity contribution < 1.29 is 0 Å². The zero-order valence-corrected chi connectivity index (χ0v) is 19.8. The van der Waals surface area contributed by atoms with Gasteiger partial charge in [-0.15, -0.1) is 0 Å². The Labute approximate surface area is 157 Å². The normalized spacial score (nSPS) is 9.46. The molecule has 0 bridgehead atoms. The van der Waals surface area contributed by atoms with Crippen molar-refractivity contribution in [3.05, 3.63) is 11.6 Å². The molecule has 0 aromatic heterocycles. The highest BCUT2D eigenvalue weighted by molar-refractivity contribution is 4.91. The van der Waals surface area contributed by atoms with E-state index in [0.29, 0.717) is 0 Å². The van der Waals surface area contributed by atoms with Crippen LogP contribution >= 0.6 is 0 Å². The molecule has 150 valence electrons. The van der Waals surface area contributed by atoms with Crippen LogP contribution in [-0.2, 0) is 0 Å². The minimum atomic E-state index is 0.884. The van der Waals surface area contributed by atoms with Gasteiger partial charge in [-0.25, -0.2) is 0 Å². The maximum atomic E-state index is 2.27. The summed E-state index contributed by atoms with van der Waals surface area (Å²) in [4.78, 5) is 0. The van der Waals surface area contributed by atoms with Crippen molar-refractivity contribution in [2.75, 3.05) is 0 Å². The summed E-state index contributed by atoms with van der Waals surface area (Å²) in [5, 5.41) is 0. The first-order valence-corrected chi connectivity index (χ1v) is 10.7. The number of hydrogen-bond donors (Lipinski definition) is 0. The van der Waals surface area contributed by atoms with Crippen LogP contribution in [0.2, 0.25) is 0 Å². The molecule has 0 aliphatic carbocycles. The minimum Gasteiger partial charge on any atom is -0.0862 e. The molecule has 0 unspecified atom stereocenters. The van der Waals surface area contributed by atoms with Crippen LogP contribution in [0.15, 0.2) is 11.6 Å². The molecule has 0 aromatic carbocycles. The molecule has 0 saturated carbocycles. The van der Waals surface area contributed by atoms with Gasteiger partial charge in [0.05, 0.1) is 0 Å². The third-order valence-electron chi connectivity index (χ3n) is 3.43. The second-order valence-electron chi connectivity index (χ2n) is 8.21. The van der Waals surface area contributed by atoms with Crippen molar-refractivity contribution in [3.63, 3.8) is 0 Å². The highest BCUT2D eigenvalue weighted by Gasteiger charge is 1.88. The molecule has 0 heteroatoms. The van der Waals surface area contributed by atoms with E-state index in [1.54, 1.807) is 0 Å². The fourth-order valence-electron chi connectivity index (χ4n) is 1.60. The molecule has 0 aromatic rings. The van der Waals surface area contributed by atoms with Crippen molar-refractivity contribution in [1.29, 1.82) is 0 Å². The molecule has 0 nitrogen and oxygen atoms in total. The highest BCUT2D eigenvalue weighted by atomic mass is 13.9. The fraction of sp³-hybridized carbons (Fsp3) is 0.917. The molecule has 0 N–H and O–H groups in total. The molecule has 0 rings (SSSR count). The van der Waals surface area contributed by atoms with Crippen LogP contribution in [0.25, 0.3) is 0 Å². The third kappa shape index (κ3) is 67.8. The third-order valence-corrected chi connectivity index (χ3v) is 3.43. The van der Waals surface area contributed by atoms with Gasteiger partial charge in [-0.2, -0.15) is 0 Å². The maximum absolute atomic E-state index is 2.27. The molecular weight excluding hydrogens is 288 g/mol. The van der Waals surface area contributed by atoms with Crippen LogP contribution in [0.1, 0.15) is 128 Å². The van der Waals surface area contributed by atoms with Gasteiger partial charge in [-0.3, -0.25) is 0 Å². The summed E-state index contributed by atoms with van der Waals surface area (Å²) < 4.78 is 0. The molecule has 0 saturated heterocycles. The first-order valence-electron chi connectivity index (χ1n) is 10.7. The smallest absolute Gasteiger partial charge is 0.0377 e. The van der Waals surface area contributed by atoms with Crippen LogP contribution in [0, 0.1) is 17.8 Å². The number of hydrogen-bond acceptors (Lipinski definition) is 0. The van der Waals surface area contributed by atoms with E-state index in [2.05, 4.69) is 89.2 Å². The minimum absolute atomic E-state index is 0.884. The molecule has 0 fully saturated rings. The Morgan fingerprint density at radius 1 is 0.667 bits per heavy atom. The van der Waals surface area contributed by atoms with Gasteiger partial charge < -0.3 is 0 Å². The van der Waals surface area contributed by atoms with E-state index < -0.39 is 0 Å². The lowest BCUT2D eigenvalue weighted by molar-refractivity contribution is 0.550. The molecule has 0 spiro atoms. The Bertz CT molecular complexity index is 204. The standard InChI is InChI=1S/C7H16.C6H14.C6H12.C5H12/c1-4-5-6-7(2)3;2*1-4-5-6(2)3;1-4-5(2)3/h7H,4-6H2,1-3H3;6H,4-5H2,1-3H3;5H,4H2,1-3H3;5H,4H2,1-3H3. The maximum Gasteiger partial charge on any atom is -0.0377 e. The quantitative estimate of drug-likeness (QED) is 0.404. The molecule has 0 amide bonds.